The maximum Gasteiger partial charge on any atom is 0.116 e. The number of aliphatic hydroxyl groups excluding tert-OH is 1. The van der Waals surface area contributed by atoms with Crippen molar-refractivity contribution in [2.24, 2.45) is 0 Å². The molecule has 0 saturated heterocycles. The largest absolute Gasteiger partial charge is 0.389 e. The molecule has 2 nitrogen and oxygen atoms in total. The number of rotatable bonds is 6. The number of allylic oxidation sites excluding steroid dienone is 2. The lowest BCUT2D eigenvalue weighted by molar-refractivity contribution is 0.136. The number of hydrogen-bond acceptors (Lipinski definition) is 2. The Morgan fingerprint density at radius 2 is 1.95 bits per heavy atom. The zero-order valence-electron chi connectivity index (χ0n) is 11.6. The highest BCUT2D eigenvalue weighted by molar-refractivity contribution is 7.85. The highest BCUT2D eigenvalue weighted by atomic mass is 32.2. The average Bonchev–Trinajstić information content (AvgIpc) is 2.38. The summed E-state index contributed by atoms with van der Waals surface area (Å²) in [6, 6.07) is 7.28. The summed E-state index contributed by atoms with van der Waals surface area (Å²) in [4.78, 5) is 0.630. The summed E-state index contributed by atoms with van der Waals surface area (Å²) in [7, 11) is -1.41. The number of halogens is 1. The molecule has 0 aliphatic rings. The van der Waals surface area contributed by atoms with Crippen LogP contribution in [0.25, 0.3) is 0 Å². The summed E-state index contributed by atoms with van der Waals surface area (Å²) in [6.07, 6.45) is 1.10. The van der Waals surface area contributed by atoms with E-state index in [0.29, 0.717) is 11.3 Å². The van der Waals surface area contributed by atoms with E-state index in [9.17, 15) is 13.7 Å². The van der Waals surface area contributed by atoms with E-state index in [2.05, 4.69) is 0 Å². The first-order valence-corrected chi connectivity index (χ1v) is 7.51. The van der Waals surface area contributed by atoms with Gasteiger partial charge in [-0.15, -0.1) is 0 Å². The first-order valence-electron chi connectivity index (χ1n) is 6.30. The monoisotopic (exact) mass is 284 g/mol. The van der Waals surface area contributed by atoms with E-state index in [1.165, 1.54) is 0 Å². The molecule has 0 saturated carbocycles. The van der Waals surface area contributed by atoms with Crippen molar-refractivity contribution in [2.75, 3.05) is 6.67 Å². The van der Waals surface area contributed by atoms with E-state index < -0.39 is 28.8 Å². The molecule has 19 heavy (non-hydrogen) atoms. The zero-order valence-corrected chi connectivity index (χ0v) is 12.4. The molecule has 0 bridgehead atoms. The van der Waals surface area contributed by atoms with Crippen LogP contribution in [0.15, 0.2) is 40.8 Å². The molecule has 1 N–H and O–H groups in total. The molecule has 0 radical (unpaired) electrons. The van der Waals surface area contributed by atoms with Crippen LogP contribution >= 0.6 is 0 Å². The van der Waals surface area contributed by atoms with Crippen LogP contribution < -0.4 is 0 Å². The Morgan fingerprint density at radius 3 is 2.42 bits per heavy atom. The molecule has 4 heteroatoms. The summed E-state index contributed by atoms with van der Waals surface area (Å²) in [5.41, 5.74) is 2.14. The van der Waals surface area contributed by atoms with Gasteiger partial charge in [-0.3, -0.25) is 4.21 Å². The average molecular weight is 284 g/mol. The molecule has 0 heterocycles. The molecule has 106 valence electrons. The first kappa shape index (κ1) is 16.1. The van der Waals surface area contributed by atoms with E-state index in [1.54, 1.807) is 12.1 Å². The minimum absolute atomic E-state index is 0.411. The van der Waals surface area contributed by atoms with Crippen molar-refractivity contribution in [3.63, 3.8) is 0 Å². The third kappa shape index (κ3) is 4.88. The Bertz CT molecular complexity index is 450. The summed E-state index contributed by atoms with van der Waals surface area (Å²) < 4.78 is 25.1. The smallest absolute Gasteiger partial charge is 0.116 e. The predicted octanol–water partition coefficient (Wildman–Crippen LogP) is 3.16. The number of aliphatic hydroxyl groups is 1. The van der Waals surface area contributed by atoms with E-state index >= 15 is 0 Å². The molecule has 0 aliphatic heterocycles. The lowest BCUT2D eigenvalue weighted by Gasteiger charge is -2.19. The van der Waals surface area contributed by atoms with Gasteiger partial charge in [-0.05, 0) is 39.3 Å². The van der Waals surface area contributed by atoms with Crippen molar-refractivity contribution in [1.29, 1.82) is 0 Å². The Hall–Kier alpha value is -1.00. The Balaban J connectivity index is 2.93. The zero-order chi connectivity index (χ0) is 14.4. The number of alkyl halides is 1. The van der Waals surface area contributed by atoms with Crippen LogP contribution in [0.4, 0.5) is 4.39 Å². The first-order chi connectivity index (χ1) is 8.95. The summed E-state index contributed by atoms with van der Waals surface area (Å²) in [5.74, 6) is 0. The predicted molar refractivity (Wildman–Crippen MR) is 77.4 cm³/mol. The quantitative estimate of drug-likeness (QED) is 0.815. The summed E-state index contributed by atoms with van der Waals surface area (Å²) >= 11 is 0. The SMILES string of the molecule is CC(C)=CC[C@H]([C@H](O)CF)[S@@](=O)c1ccc(C)cc1. The van der Waals surface area contributed by atoms with Gasteiger partial charge in [0, 0.05) is 4.90 Å². The lowest BCUT2D eigenvalue weighted by Crippen LogP contribution is -2.31. The lowest BCUT2D eigenvalue weighted by atomic mass is 10.1. The van der Waals surface area contributed by atoms with Crippen LogP contribution in [-0.2, 0) is 10.8 Å². The fourth-order valence-electron chi connectivity index (χ4n) is 1.69. The third-order valence-corrected chi connectivity index (χ3v) is 4.67. The fourth-order valence-corrected chi connectivity index (χ4v) is 3.07. The van der Waals surface area contributed by atoms with Crippen molar-refractivity contribution in [3.8, 4) is 0 Å². The number of hydrogen-bond donors (Lipinski definition) is 1. The van der Waals surface area contributed by atoms with Gasteiger partial charge in [0.05, 0.1) is 22.2 Å². The molecule has 0 aromatic heterocycles. The molecule has 1 aromatic carbocycles. The van der Waals surface area contributed by atoms with Crippen LogP contribution in [-0.4, -0.2) is 27.3 Å². The van der Waals surface area contributed by atoms with Crippen LogP contribution in [0.2, 0.25) is 0 Å². The summed E-state index contributed by atoms with van der Waals surface area (Å²) in [6.45, 7) is 4.92. The second-order valence-corrected chi connectivity index (χ2v) is 6.56. The number of benzene rings is 1. The van der Waals surface area contributed by atoms with Crippen LogP contribution in [0.1, 0.15) is 25.8 Å². The molecule has 0 unspecified atom stereocenters. The molecule has 1 rings (SSSR count). The van der Waals surface area contributed by atoms with Gasteiger partial charge in [0.2, 0.25) is 0 Å². The highest BCUT2D eigenvalue weighted by Crippen LogP contribution is 2.19. The van der Waals surface area contributed by atoms with E-state index in [1.807, 2.05) is 39.0 Å². The standard InChI is InChI=1S/C15H21FO2S/c1-11(2)4-9-15(14(17)10-16)19(18)13-7-5-12(3)6-8-13/h4-8,14-15,17H,9-10H2,1-3H3/t14-,15-,19+/m1/s1. The molecule has 0 spiro atoms. The molecule has 0 fully saturated rings. The van der Waals surface area contributed by atoms with Crippen LogP contribution in [0.5, 0.6) is 0 Å². The van der Waals surface area contributed by atoms with Gasteiger partial charge in [0.25, 0.3) is 0 Å². The second-order valence-electron chi connectivity index (χ2n) is 4.89. The molecule has 1 aromatic rings. The topological polar surface area (TPSA) is 37.3 Å². The molecular formula is C15H21FO2S. The Kier molecular flexibility index (Phi) is 6.38. The van der Waals surface area contributed by atoms with Gasteiger partial charge in [0.1, 0.15) is 6.67 Å². The maximum atomic E-state index is 12.7. The van der Waals surface area contributed by atoms with Gasteiger partial charge in [-0.2, -0.15) is 0 Å². The maximum absolute atomic E-state index is 12.7. The van der Waals surface area contributed by atoms with Gasteiger partial charge >= 0.3 is 0 Å². The van der Waals surface area contributed by atoms with Gasteiger partial charge in [-0.1, -0.05) is 29.3 Å². The Labute approximate surface area is 116 Å². The van der Waals surface area contributed by atoms with Crippen molar-refractivity contribution in [1.82, 2.24) is 0 Å². The van der Waals surface area contributed by atoms with Gasteiger partial charge in [-0.25, -0.2) is 4.39 Å². The molecule has 0 amide bonds. The minimum Gasteiger partial charge on any atom is -0.389 e. The third-order valence-electron chi connectivity index (χ3n) is 2.87. The normalized spacial score (nSPS) is 15.6. The second kappa shape index (κ2) is 7.56. The van der Waals surface area contributed by atoms with Gasteiger partial charge < -0.3 is 5.11 Å². The van der Waals surface area contributed by atoms with Crippen molar-refractivity contribution in [2.45, 2.75) is 43.4 Å². The molecule has 0 aliphatic carbocycles. The van der Waals surface area contributed by atoms with Crippen molar-refractivity contribution >= 4 is 10.8 Å². The summed E-state index contributed by atoms with van der Waals surface area (Å²) in [5, 5.41) is 9.11. The highest BCUT2D eigenvalue weighted by Gasteiger charge is 2.25. The fraction of sp³-hybridized carbons (Fsp3) is 0.467. The van der Waals surface area contributed by atoms with E-state index in [4.69, 9.17) is 0 Å². The van der Waals surface area contributed by atoms with Crippen LogP contribution in [0.3, 0.4) is 0 Å². The molecule has 3 atom stereocenters. The molecular weight excluding hydrogens is 263 g/mol. The van der Waals surface area contributed by atoms with E-state index in [0.717, 1.165) is 11.1 Å². The Morgan fingerprint density at radius 1 is 1.37 bits per heavy atom. The van der Waals surface area contributed by atoms with Gasteiger partial charge in [0.15, 0.2) is 0 Å². The van der Waals surface area contributed by atoms with Crippen molar-refractivity contribution < 1.29 is 13.7 Å². The minimum atomic E-state index is -1.41. The number of aryl methyl sites for hydroxylation is 1. The van der Waals surface area contributed by atoms with Crippen molar-refractivity contribution in [3.05, 3.63) is 41.5 Å². The van der Waals surface area contributed by atoms with E-state index in [-0.39, 0.29) is 0 Å². The van der Waals surface area contributed by atoms with Crippen LogP contribution in [0, 0.1) is 6.92 Å².